The molecule has 0 spiro atoms. The van der Waals surface area contributed by atoms with E-state index in [0.29, 0.717) is 6.42 Å². The van der Waals surface area contributed by atoms with Crippen molar-refractivity contribution in [2.24, 2.45) is 17.3 Å². The summed E-state index contributed by atoms with van der Waals surface area (Å²) in [6, 6.07) is 0. The first-order valence-electron chi connectivity index (χ1n) is 6.61. The largest absolute Gasteiger partial charge is 0.481 e. The lowest BCUT2D eigenvalue weighted by Crippen LogP contribution is -2.30. The van der Waals surface area contributed by atoms with Gasteiger partial charge in [-0.1, -0.05) is 6.42 Å². The minimum absolute atomic E-state index is 0.157. The monoisotopic (exact) mass is 223 g/mol. The molecule has 0 aromatic carbocycles. The lowest BCUT2D eigenvalue weighted by atomic mass is 10.0. The van der Waals surface area contributed by atoms with E-state index in [2.05, 4.69) is 4.90 Å². The molecule has 1 N–H and O–H groups in total. The number of hydrogen-bond donors (Lipinski definition) is 1. The first-order valence-corrected chi connectivity index (χ1v) is 6.61. The molecule has 16 heavy (non-hydrogen) atoms. The van der Waals surface area contributed by atoms with Crippen molar-refractivity contribution in [3.63, 3.8) is 0 Å². The smallest absolute Gasteiger partial charge is 0.303 e. The van der Waals surface area contributed by atoms with Crippen molar-refractivity contribution >= 4 is 5.97 Å². The van der Waals surface area contributed by atoms with Crippen LogP contribution in [0.2, 0.25) is 0 Å². The maximum absolute atomic E-state index is 10.8. The number of nitrogens with zero attached hydrogens (tertiary/aromatic N) is 1. The van der Waals surface area contributed by atoms with Gasteiger partial charge >= 0.3 is 5.97 Å². The summed E-state index contributed by atoms with van der Waals surface area (Å²) in [7, 11) is 0. The molecule has 90 valence electrons. The zero-order valence-corrected chi connectivity index (χ0v) is 9.82. The molecule has 2 atom stereocenters. The van der Waals surface area contributed by atoms with Crippen LogP contribution in [0.4, 0.5) is 0 Å². The fourth-order valence-electron chi connectivity index (χ4n) is 3.82. The Morgan fingerprint density at radius 3 is 2.38 bits per heavy atom. The molecule has 3 rings (SSSR count). The Morgan fingerprint density at radius 1 is 1.25 bits per heavy atom. The van der Waals surface area contributed by atoms with Gasteiger partial charge in [-0.25, -0.2) is 0 Å². The third kappa shape index (κ3) is 1.97. The van der Waals surface area contributed by atoms with Crippen molar-refractivity contribution in [1.29, 1.82) is 0 Å². The standard InChI is InChI=1S/C13H21NO2/c15-12(16)6-13(4-5-13)9-14-7-10-2-1-3-11(10)8-14/h10-11H,1-9H2,(H,15,16). The molecule has 3 fully saturated rings. The summed E-state index contributed by atoms with van der Waals surface area (Å²) in [5, 5.41) is 8.91. The minimum Gasteiger partial charge on any atom is -0.481 e. The van der Waals surface area contributed by atoms with Crippen molar-refractivity contribution in [2.75, 3.05) is 19.6 Å². The van der Waals surface area contributed by atoms with Crippen LogP contribution in [-0.4, -0.2) is 35.6 Å². The quantitative estimate of drug-likeness (QED) is 0.792. The number of carbonyl (C=O) groups is 1. The zero-order valence-electron chi connectivity index (χ0n) is 9.82. The van der Waals surface area contributed by atoms with Crippen molar-refractivity contribution < 1.29 is 9.90 Å². The van der Waals surface area contributed by atoms with Crippen LogP contribution in [-0.2, 0) is 4.79 Å². The first-order chi connectivity index (χ1) is 7.67. The molecule has 3 aliphatic rings. The fraction of sp³-hybridized carbons (Fsp3) is 0.923. The van der Waals surface area contributed by atoms with Crippen molar-refractivity contribution in [3.8, 4) is 0 Å². The number of fused-ring (bicyclic) bond motifs is 1. The highest BCUT2D eigenvalue weighted by atomic mass is 16.4. The average molecular weight is 223 g/mol. The summed E-state index contributed by atoms with van der Waals surface area (Å²) in [5.41, 5.74) is 0.157. The Balaban J connectivity index is 1.54. The molecule has 2 saturated carbocycles. The molecule has 3 heteroatoms. The second kappa shape index (κ2) is 3.73. The van der Waals surface area contributed by atoms with Crippen LogP contribution < -0.4 is 0 Å². The molecule has 1 aliphatic heterocycles. The molecule has 0 bridgehead atoms. The van der Waals surface area contributed by atoms with Gasteiger partial charge < -0.3 is 10.0 Å². The van der Waals surface area contributed by atoms with E-state index in [-0.39, 0.29) is 5.41 Å². The van der Waals surface area contributed by atoms with Gasteiger partial charge in [0.2, 0.25) is 0 Å². The van der Waals surface area contributed by atoms with Crippen LogP contribution in [0.25, 0.3) is 0 Å². The summed E-state index contributed by atoms with van der Waals surface area (Å²) in [6.07, 6.45) is 6.89. The van der Waals surface area contributed by atoms with E-state index in [1.54, 1.807) is 0 Å². The highest BCUT2D eigenvalue weighted by Gasteiger charge is 2.47. The minimum atomic E-state index is -0.614. The number of carboxylic acid groups (broad SMARTS) is 1. The van der Waals surface area contributed by atoms with Gasteiger partial charge in [0.25, 0.3) is 0 Å². The average Bonchev–Trinajstić information content (AvgIpc) is 2.63. The van der Waals surface area contributed by atoms with E-state index in [0.717, 1.165) is 31.2 Å². The summed E-state index contributed by atoms with van der Waals surface area (Å²) in [4.78, 5) is 13.4. The second-order valence-electron chi connectivity index (χ2n) is 6.22. The lowest BCUT2D eigenvalue weighted by molar-refractivity contribution is -0.138. The normalized spacial score (nSPS) is 36.2. The summed E-state index contributed by atoms with van der Waals surface area (Å²) >= 11 is 0. The predicted molar refractivity (Wildman–Crippen MR) is 61.2 cm³/mol. The molecule has 2 aliphatic carbocycles. The van der Waals surface area contributed by atoms with E-state index >= 15 is 0 Å². The van der Waals surface area contributed by atoms with Crippen LogP contribution in [0.5, 0.6) is 0 Å². The van der Waals surface area contributed by atoms with Crippen molar-refractivity contribution in [1.82, 2.24) is 4.90 Å². The number of hydrogen-bond acceptors (Lipinski definition) is 2. The van der Waals surface area contributed by atoms with Crippen LogP contribution in [0.15, 0.2) is 0 Å². The Hall–Kier alpha value is -0.570. The van der Waals surface area contributed by atoms with E-state index in [4.69, 9.17) is 5.11 Å². The molecule has 0 aromatic rings. The molecule has 0 radical (unpaired) electrons. The van der Waals surface area contributed by atoms with Gasteiger partial charge in [-0.3, -0.25) is 4.79 Å². The third-order valence-electron chi connectivity index (χ3n) is 4.84. The number of rotatable bonds is 4. The number of likely N-dealkylation sites (tertiary alicyclic amines) is 1. The predicted octanol–water partition coefficient (Wildman–Crippen LogP) is 1.97. The van der Waals surface area contributed by atoms with Gasteiger partial charge in [0.1, 0.15) is 0 Å². The molecule has 1 heterocycles. The van der Waals surface area contributed by atoms with E-state index < -0.39 is 5.97 Å². The Labute approximate surface area is 96.8 Å². The van der Waals surface area contributed by atoms with E-state index in [9.17, 15) is 4.79 Å². The molecular formula is C13H21NO2. The highest BCUT2D eigenvalue weighted by Crippen LogP contribution is 2.50. The van der Waals surface area contributed by atoms with Gasteiger partial charge in [0.05, 0.1) is 6.42 Å². The summed E-state index contributed by atoms with van der Waals surface area (Å²) in [6.45, 7) is 3.53. The molecule has 0 aromatic heterocycles. The topological polar surface area (TPSA) is 40.5 Å². The van der Waals surface area contributed by atoms with Gasteiger partial charge in [-0.15, -0.1) is 0 Å². The molecule has 3 nitrogen and oxygen atoms in total. The fourth-order valence-corrected chi connectivity index (χ4v) is 3.82. The van der Waals surface area contributed by atoms with Gasteiger partial charge in [-0.2, -0.15) is 0 Å². The maximum atomic E-state index is 10.8. The molecule has 2 unspecified atom stereocenters. The summed E-state index contributed by atoms with van der Waals surface area (Å²) < 4.78 is 0. The zero-order chi connectivity index (χ0) is 11.2. The van der Waals surface area contributed by atoms with Crippen LogP contribution in [0.1, 0.15) is 38.5 Å². The second-order valence-corrected chi connectivity index (χ2v) is 6.22. The Bertz CT molecular complexity index is 286. The number of carboxylic acids is 1. The van der Waals surface area contributed by atoms with Crippen molar-refractivity contribution in [2.45, 2.75) is 38.5 Å². The molecule has 1 saturated heterocycles. The van der Waals surface area contributed by atoms with E-state index in [1.807, 2.05) is 0 Å². The molecule has 0 amide bonds. The first kappa shape index (κ1) is 10.6. The lowest BCUT2D eigenvalue weighted by Gasteiger charge is -2.22. The highest BCUT2D eigenvalue weighted by molar-refractivity contribution is 5.68. The summed E-state index contributed by atoms with van der Waals surface area (Å²) in [5.74, 6) is 1.25. The Kier molecular flexibility index (Phi) is 2.46. The van der Waals surface area contributed by atoms with Gasteiger partial charge in [0.15, 0.2) is 0 Å². The third-order valence-corrected chi connectivity index (χ3v) is 4.84. The van der Waals surface area contributed by atoms with Crippen LogP contribution in [0, 0.1) is 17.3 Å². The Morgan fingerprint density at radius 2 is 1.88 bits per heavy atom. The number of aliphatic carboxylic acids is 1. The van der Waals surface area contributed by atoms with Crippen LogP contribution in [0.3, 0.4) is 0 Å². The maximum Gasteiger partial charge on any atom is 0.303 e. The molecular weight excluding hydrogens is 202 g/mol. The van der Waals surface area contributed by atoms with Gasteiger partial charge in [-0.05, 0) is 42.9 Å². The van der Waals surface area contributed by atoms with Crippen molar-refractivity contribution in [3.05, 3.63) is 0 Å². The van der Waals surface area contributed by atoms with E-state index in [1.165, 1.54) is 32.4 Å². The SMILES string of the molecule is O=C(O)CC1(CN2CC3CCCC3C2)CC1. The van der Waals surface area contributed by atoms with Gasteiger partial charge in [0, 0.05) is 19.6 Å². The van der Waals surface area contributed by atoms with Crippen LogP contribution >= 0.6 is 0 Å².